The molecule has 1 aliphatic carbocycles. The van der Waals surface area contributed by atoms with Gasteiger partial charge in [-0.2, -0.15) is 0 Å². The monoisotopic (exact) mass is 328 g/mol. The maximum absolute atomic E-state index is 9.85. The second-order valence-corrected chi connectivity index (χ2v) is 12.4. The van der Waals surface area contributed by atoms with Gasteiger partial charge >= 0.3 is 0 Å². The van der Waals surface area contributed by atoms with Crippen molar-refractivity contribution in [3.63, 3.8) is 0 Å². The van der Waals surface area contributed by atoms with Crippen LogP contribution in [0.15, 0.2) is 0 Å². The molecule has 2 radical (unpaired) electrons. The van der Waals surface area contributed by atoms with Crippen LogP contribution in [0.1, 0.15) is 26.2 Å². The van der Waals surface area contributed by atoms with E-state index in [1.165, 1.54) is 0 Å². The smallest absolute Gasteiger partial charge is 0.195 e. The molecule has 0 heterocycles. The molecule has 9 heteroatoms. The molecular weight excluding hydrogens is 309 g/mol. The second kappa shape index (κ2) is 6.77. The molecule has 1 saturated carbocycles. The highest BCUT2D eigenvalue weighted by Crippen LogP contribution is 2.56. The number of rotatable bonds is 6. The number of hydrogen-bond acceptors (Lipinski definition) is 3. The van der Waals surface area contributed by atoms with Crippen molar-refractivity contribution in [1.29, 1.82) is 0 Å². The van der Waals surface area contributed by atoms with Gasteiger partial charge < -0.3 is 19.2 Å². The van der Waals surface area contributed by atoms with Gasteiger partial charge in [-0.05, 0) is 35.4 Å². The maximum Gasteiger partial charge on any atom is 0.195 e. The lowest BCUT2D eigenvalue weighted by molar-refractivity contribution is 0.211. The lowest BCUT2D eigenvalue weighted by Gasteiger charge is -2.23. The van der Waals surface area contributed by atoms with Crippen LogP contribution >= 0.6 is 13.0 Å². The summed E-state index contributed by atoms with van der Waals surface area (Å²) in [7, 11) is 5.91. The lowest BCUT2D eigenvalue weighted by atomic mass is 9.85. The fourth-order valence-electron chi connectivity index (χ4n) is 2.45. The summed E-state index contributed by atoms with van der Waals surface area (Å²) in [5.41, 5.74) is 0. The van der Waals surface area contributed by atoms with Crippen molar-refractivity contribution in [2.75, 3.05) is 12.5 Å². The maximum atomic E-state index is 9.85. The van der Waals surface area contributed by atoms with E-state index in [1.807, 2.05) is 0 Å². The van der Waals surface area contributed by atoms with E-state index in [1.54, 1.807) is 0 Å². The quantitative estimate of drug-likeness (QED) is 0.511. The number of hydrogen-bond donors (Lipinski definition) is 3. The third-order valence-corrected chi connectivity index (χ3v) is 9.11. The van der Waals surface area contributed by atoms with Gasteiger partial charge in [-0.3, -0.25) is 0 Å². The van der Waals surface area contributed by atoms with Gasteiger partial charge in [0.15, 0.2) is 13.0 Å². The van der Waals surface area contributed by atoms with Gasteiger partial charge in [0, 0.05) is 0 Å². The minimum atomic E-state index is -3.50. The third-order valence-electron chi connectivity index (χ3n) is 3.26. The highest BCUT2D eigenvalue weighted by Gasteiger charge is 2.32. The molecule has 0 aromatic rings. The van der Waals surface area contributed by atoms with Gasteiger partial charge in [0.25, 0.3) is 0 Å². The van der Waals surface area contributed by atoms with Crippen LogP contribution in [0.3, 0.4) is 0 Å². The normalized spacial score (nSPS) is 32.3. The lowest BCUT2D eigenvalue weighted by Crippen LogP contribution is -2.13. The molecule has 1 aliphatic rings. The van der Waals surface area contributed by atoms with Gasteiger partial charge in [-0.25, -0.2) is 0 Å². The zero-order chi connectivity index (χ0) is 14.0. The summed E-state index contributed by atoms with van der Waals surface area (Å²) in [4.78, 5) is 28.2. The first kappa shape index (κ1) is 17.3. The van der Waals surface area contributed by atoms with E-state index in [2.05, 4.69) is 18.7 Å². The van der Waals surface area contributed by atoms with Crippen LogP contribution in [0, 0.1) is 11.8 Å². The zero-order valence-electron chi connectivity index (χ0n) is 10.3. The van der Waals surface area contributed by atoms with Crippen LogP contribution in [0.25, 0.3) is 0 Å². The first-order chi connectivity index (χ1) is 8.13. The Bertz CT molecular complexity index is 376. The Hall–Kier alpha value is 1.20. The van der Waals surface area contributed by atoms with Gasteiger partial charge in [0.05, 0.1) is 20.4 Å². The molecule has 1 fully saturated rings. The van der Waals surface area contributed by atoms with Crippen molar-refractivity contribution < 1.29 is 19.2 Å². The molecule has 1 rings (SSSR count). The average molecular weight is 328 g/mol. The molecule has 104 valence electrons. The van der Waals surface area contributed by atoms with Crippen LogP contribution in [0.4, 0.5) is 0 Å². The fourth-order valence-corrected chi connectivity index (χ4v) is 8.76. The van der Waals surface area contributed by atoms with E-state index in [-0.39, 0.29) is 17.6 Å². The van der Waals surface area contributed by atoms with E-state index in [0.29, 0.717) is 12.5 Å². The van der Waals surface area contributed by atoms with Crippen LogP contribution in [0.2, 0.25) is 5.82 Å². The summed E-state index contributed by atoms with van der Waals surface area (Å²) >= 11 is 9.35. The van der Waals surface area contributed by atoms with Crippen LogP contribution in [-0.4, -0.2) is 35.0 Å². The molecule has 0 aromatic carbocycles. The Labute approximate surface area is 120 Å². The Morgan fingerprint density at radius 2 is 1.78 bits per heavy atom. The first-order valence-electron chi connectivity index (χ1n) is 5.89. The van der Waals surface area contributed by atoms with Gasteiger partial charge in [0.1, 0.15) is 0 Å². The van der Waals surface area contributed by atoms with Crippen LogP contribution in [-0.2, 0) is 28.1 Å². The van der Waals surface area contributed by atoms with E-state index in [0.717, 1.165) is 19.3 Å². The molecule has 0 bridgehead atoms. The highest BCUT2D eigenvalue weighted by atomic mass is 32.5. The van der Waals surface area contributed by atoms with Gasteiger partial charge in [-0.15, -0.1) is 0 Å². The Morgan fingerprint density at radius 1 is 1.22 bits per heavy atom. The third kappa shape index (κ3) is 6.10. The minimum Gasteiger partial charge on any atom is -0.345 e. The van der Waals surface area contributed by atoms with Gasteiger partial charge in [-0.1, -0.05) is 32.0 Å². The van der Waals surface area contributed by atoms with Crippen molar-refractivity contribution in [3.8, 4) is 0 Å². The zero-order valence-corrected chi connectivity index (χ0v) is 13.7. The van der Waals surface area contributed by atoms with Gasteiger partial charge in [0.2, 0.25) is 0 Å². The molecule has 3 N–H and O–H groups in total. The summed E-state index contributed by atoms with van der Waals surface area (Å²) < 4.78 is 5.34. The van der Waals surface area contributed by atoms with Crippen molar-refractivity contribution in [2.45, 2.75) is 32.0 Å². The summed E-state index contributed by atoms with van der Waals surface area (Å²) in [6.07, 6.45) is 2.85. The first-order valence-corrected chi connectivity index (χ1v) is 11.6. The summed E-state index contributed by atoms with van der Waals surface area (Å²) in [6.45, 7) is -4.26. The average Bonchev–Trinajstić information content (AvgIpc) is 2.52. The van der Waals surface area contributed by atoms with E-state index in [9.17, 15) is 4.89 Å². The van der Waals surface area contributed by atoms with E-state index < -0.39 is 13.0 Å². The highest BCUT2D eigenvalue weighted by molar-refractivity contribution is 8.18. The second-order valence-electron chi connectivity index (χ2n) is 4.90. The molecular formula is C9H19BO4P2S2. The molecule has 0 aromatic heterocycles. The van der Waals surface area contributed by atoms with Crippen molar-refractivity contribution >= 4 is 44.4 Å². The largest absolute Gasteiger partial charge is 0.345 e. The molecule has 18 heavy (non-hydrogen) atoms. The molecule has 4 atom stereocenters. The van der Waals surface area contributed by atoms with E-state index in [4.69, 9.17) is 34.0 Å². The minimum absolute atomic E-state index is 0.182. The standard InChI is InChI=1S/C9H19BO4P2S2/c1-2-7-3-9(10)4-8(7)5-14-16(13,18)6-15(11,12)17/h7-9H,2-6H2,1H3,(H,13,18)(H2,11,12,17). The SMILES string of the molecule is [B]C1CC(CC)C(COP(O)(=S)CP(O)(O)=S)C1. The van der Waals surface area contributed by atoms with Crippen molar-refractivity contribution in [3.05, 3.63) is 0 Å². The molecule has 4 unspecified atom stereocenters. The predicted octanol–water partition coefficient (Wildman–Crippen LogP) is 1.95. The Morgan fingerprint density at radius 3 is 2.28 bits per heavy atom. The summed E-state index contributed by atoms with van der Waals surface area (Å²) in [5, 5.41) is 0. The van der Waals surface area contributed by atoms with Crippen LogP contribution in [0.5, 0.6) is 0 Å². The summed E-state index contributed by atoms with van der Waals surface area (Å²) in [6, 6.07) is 0. The van der Waals surface area contributed by atoms with Crippen molar-refractivity contribution in [1.82, 2.24) is 0 Å². The summed E-state index contributed by atoms with van der Waals surface area (Å²) in [5.74, 6) is 0.567. The molecule has 0 spiro atoms. The molecule has 4 nitrogen and oxygen atoms in total. The topological polar surface area (TPSA) is 69.9 Å². The Balaban J connectivity index is 2.49. The fraction of sp³-hybridized carbons (Fsp3) is 1.00. The van der Waals surface area contributed by atoms with E-state index >= 15 is 0 Å². The Kier molecular flexibility index (Phi) is 6.49. The predicted molar refractivity (Wildman–Crippen MR) is 82.1 cm³/mol. The van der Waals surface area contributed by atoms with Crippen molar-refractivity contribution in [2.24, 2.45) is 11.8 Å². The van der Waals surface area contributed by atoms with Crippen LogP contribution < -0.4 is 0 Å². The molecule has 0 aliphatic heterocycles. The molecule has 0 saturated heterocycles. The molecule has 0 amide bonds.